The fourth-order valence-electron chi connectivity index (χ4n) is 1.86. The van der Waals surface area contributed by atoms with E-state index in [0.29, 0.717) is 18.4 Å². The molecule has 2 unspecified atom stereocenters. The summed E-state index contributed by atoms with van der Waals surface area (Å²) in [7, 11) is 0. The number of hydrogen-bond donors (Lipinski definition) is 1. The zero-order chi connectivity index (χ0) is 12.9. The third-order valence-electron chi connectivity index (χ3n) is 3.68. The summed E-state index contributed by atoms with van der Waals surface area (Å²) < 4.78 is 5.87. The lowest BCUT2D eigenvalue weighted by Gasteiger charge is -2.30. The van der Waals surface area contributed by atoms with Crippen molar-refractivity contribution in [1.82, 2.24) is 5.32 Å². The molecule has 17 heavy (non-hydrogen) atoms. The molecule has 0 aliphatic heterocycles. The van der Waals surface area contributed by atoms with Gasteiger partial charge >= 0.3 is 0 Å². The van der Waals surface area contributed by atoms with Gasteiger partial charge in [0.15, 0.2) is 0 Å². The Morgan fingerprint density at radius 2 is 2.06 bits per heavy atom. The quantitative estimate of drug-likeness (QED) is 0.707. The molecule has 1 aliphatic carbocycles. The second kappa shape index (κ2) is 6.37. The van der Waals surface area contributed by atoms with Gasteiger partial charge in [-0.25, -0.2) is 0 Å². The highest BCUT2D eigenvalue weighted by molar-refractivity contribution is 5.15. The minimum absolute atomic E-state index is 0.213. The van der Waals surface area contributed by atoms with Gasteiger partial charge in [0.25, 0.3) is 0 Å². The van der Waals surface area contributed by atoms with Gasteiger partial charge < -0.3 is 4.74 Å². The molecule has 0 bridgehead atoms. The number of rotatable bonds is 8. The Balaban J connectivity index is 2.54. The summed E-state index contributed by atoms with van der Waals surface area (Å²) in [4.78, 5) is 0. The molecule has 1 fully saturated rings. The molecule has 98 valence electrons. The Hall–Kier alpha value is -0.590. The average molecular weight is 238 g/mol. The summed E-state index contributed by atoms with van der Waals surface area (Å²) in [6, 6.07) is 2.47. The summed E-state index contributed by atoms with van der Waals surface area (Å²) in [5, 5.41) is 12.9. The summed E-state index contributed by atoms with van der Waals surface area (Å²) in [5.41, 5.74) is -0.445. The smallest absolute Gasteiger partial charge is 0.133 e. The van der Waals surface area contributed by atoms with E-state index in [1.165, 1.54) is 0 Å². The van der Waals surface area contributed by atoms with E-state index in [1.54, 1.807) is 0 Å². The van der Waals surface area contributed by atoms with Crippen LogP contribution in [0.5, 0.6) is 0 Å². The van der Waals surface area contributed by atoms with Crippen molar-refractivity contribution < 1.29 is 4.74 Å². The molecule has 0 radical (unpaired) electrons. The van der Waals surface area contributed by atoms with E-state index in [2.05, 4.69) is 39.1 Å². The van der Waals surface area contributed by atoms with Crippen molar-refractivity contribution in [1.29, 1.82) is 5.26 Å². The highest BCUT2D eigenvalue weighted by atomic mass is 16.5. The van der Waals surface area contributed by atoms with E-state index < -0.39 is 5.54 Å². The molecule has 0 spiro atoms. The molecule has 3 heteroatoms. The predicted octanol–water partition coefficient (Wildman–Crippen LogP) is 2.72. The van der Waals surface area contributed by atoms with E-state index in [4.69, 9.17) is 4.74 Å². The summed E-state index contributed by atoms with van der Waals surface area (Å²) >= 11 is 0. The molecule has 1 aliphatic rings. The lowest BCUT2D eigenvalue weighted by molar-refractivity contribution is 0.00385. The van der Waals surface area contributed by atoms with Gasteiger partial charge in [-0.05, 0) is 44.6 Å². The zero-order valence-corrected chi connectivity index (χ0v) is 11.6. The van der Waals surface area contributed by atoms with Gasteiger partial charge in [0.1, 0.15) is 5.54 Å². The van der Waals surface area contributed by atoms with Crippen LogP contribution in [0, 0.1) is 23.2 Å². The molecule has 1 saturated carbocycles. The second-order valence-corrected chi connectivity index (χ2v) is 5.54. The van der Waals surface area contributed by atoms with Crippen molar-refractivity contribution >= 4 is 0 Å². The molecule has 1 N–H and O–H groups in total. The van der Waals surface area contributed by atoms with Gasteiger partial charge in [0.2, 0.25) is 0 Å². The predicted molar refractivity (Wildman–Crippen MR) is 69.6 cm³/mol. The van der Waals surface area contributed by atoms with E-state index in [1.807, 2.05) is 0 Å². The van der Waals surface area contributed by atoms with Crippen molar-refractivity contribution in [3.63, 3.8) is 0 Å². The topological polar surface area (TPSA) is 45.0 Å². The highest BCUT2D eigenvalue weighted by Gasteiger charge is 2.45. The number of nitrogens with one attached hydrogen (secondary N) is 1. The van der Waals surface area contributed by atoms with Gasteiger partial charge in [0, 0.05) is 0 Å². The Bertz CT molecular complexity index is 268. The van der Waals surface area contributed by atoms with Crippen LogP contribution in [0.15, 0.2) is 0 Å². The molecule has 2 atom stereocenters. The maximum atomic E-state index is 9.47. The second-order valence-electron chi connectivity index (χ2n) is 5.54. The fourth-order valence-corrected chi connectivity index (χ4v) is 1.86. The van der Waals surface area contributed by atoms with Crippen LogP contribution < -0.4 is 5.32 Å². The SMILES string of the molecule is CCCNC(C#N)(COC(C)C(C)C)C1CC1. The van der Waals surface area contributed by atoms with Crippen LogP contribution in [-0.4, -0.2) is 24.8 Å². The van der Waals surface area contributed by atoms with E-state index in [9.17, 15) is 5.26 Å². The minimum Gasteiger partial charge on any atom is -0.375 e. The number of ether oxygens (including phenoxy) is 1. The average Bonchev–Trinajstić information content (AvgIpc) is 3.14. The molecular weight excluding hydrogens is 212 g/mol. The molecule has 1 rings (SSSR count). The monoisotopic (exact) mass is 238 g/mol. The van der Waals surface area contributed by atoms with Crippen LogP contribution in [0.25, 0.3) is 0 Å². The summed E-state index contributed by atoms with van der Waals surface area (Å²) in [6.45, 7) is 9.92. The maximum absolute atomic E-state index is 9.47. The Morgan fingerprint density at radius 3 is 2.47 bits per heavy atom. The summed E-state index contributed by atoms with van der Waals surface area (Å²) in [5.74, 6) is 0.982. The first-order valence-corrected chi connectivity index (χ1v) is 6.83. The van der Waals surface area contributed by atoms with Crippen LogP contribution in [0.1, 0.15) is 47.0 Å². The van der Waals surface area contributed by atoms with Crippen molar-refractivity contribution in [2.45, 2.75) is 58.6 Å². The zero-order valence-electron chi connectivity index (χ0n) is 11.6. The van der Waals surface area contributed by atoms with Crippen LogP contribution in [0.2, 0.25) is 0 Å². The molecular formula is C14H26N2O. The molecule has 0 aromatic carbocycles. The van der Waals surface area contributed by atoms with Gasteiger partial charge in [0.05, 0.1) is 18.8 Å². The largest absolute Gasteiger partial charge is 0.375 e. The maximum Gasteiger partial charge on any atom is 0.133 e. The van der Waals surface area contributed by atoms with Crippen molar-refractivity contribution in [3.8, 4) is 6.07 Å². The first-order chi connectivity index (χ1) is 8.05. The van der Waals surface area contributed by atoms with Crippen molar-refractivity contribution in [2.24, 2.45) is 11.8 Å². The first-order valence-electron chi connectivity index (χ1n) is 6.83. The summed E-state index contributed by atoms with van der Waals surface area (Å²) in [6.07, 6.45) is 3.58. The van der Waals surface area contributed by atoms with Crippen LogP contribution in [-0.2, 0) is 4.74 Å². The number of hydrogen-bond acceptors (Lipinski definition) is 3. The lowest BCUT2D eigenvalue weighted by Crippen LogP contribution is -2.51. The minimum atomic E-state index is -0.445. The lowest BCUT2D eigenvalue weighted by atomic mass is 9.95. The molecule has 0 amide bonds. The first kappa shape index (κ1) is 14.5. The van der Waals surface area contributed by atoms with Crippen LogP contribution >= 0.6 is 0 Å². The van der Waals surface area contributed by atoms with Gasteiger partial charge in [-0.3, -0.25) is 5.32 Å². The molecule has 0 saturated heterocycles. The van der Waals surface area contributed by atoms with E-state index in [0.717, 1.165) is 25.8 Å². The van der Waals surface area contributed by atoms with Crippen LogP contribution in [0.4, 0.5) is 0 Å². The number of nitriles is 1. The Morgan fingerprint density at radius 1 is 1.41 bits per heavy atom. The molecule has 0 aromatic rings. The standard InChI is InChI=1S/C14H26N2O/c1-5-8-16-14(9-15,13-6-7-13)10-17-12(4)11(2)3/h11-13,16H,5-8,10H2,1-4H3. The Labute approximate surface area is 106 Å². The molecule has 0 heterocycles. The third-order valence-corrected chi connectivity index (χ3v) is 3.68. The van der Waals surface area contributed by atoms with Gasteiger partial charge in [-0.15, -0.1) is 0 Å². The Kier molecular flexibility index (Phi) is 5.42. The molecule has 3 nitrogen and oxygen atoms in total. The van der Waals surface area contributed by atoms with E-state index >= 15 is 0 Å². The number of nitrogens with zero attached hydrogens (tertiary/aromatic N) is 1. The fraction of sp³-hybridized carbons (Fsp3) is 0.929. The van der Waals surface area contributed by atoms with Crippen molar-refractivity contribution in [2.75, 3.05) is 13.2 Å². The van der Waals surface area contributed by atoms with E-state index in [-0.39, 0.29) is 6.10 Å². The van der Waals surface area contributed by atoms with Crippen molar-refractivity contribution in [3.05, 3.63) is 0 Å². The highest BCUT2D eigenvalue weighted by Crippen LogP contribution is 2.40. The normalized spacial score (nSPS) is 20.9. The van der Waals surface area contributed by atoms with Gasteiger partial charge in [-0.1, -0.05) is 20.8 Å². The third kappa shape index (κ3) is 3.97. The van der Waals surface area contributed by atoms with Gasteiger partial charge in [-0.2, -0.15) is 5.26 Å². The van der Waals surface area contributed by atoms with Crippen LogP contribution in [0.3, 0.4) is 0 Å². The molecule has 0 aromatic heterocycles.